The summed E-state index contributed by atoms with van der Waals surface area (Å²) in [5.74, 6) is -0.161. The minimum atomic E-state index is -0.597. The van der Waals surface area contributed by atoms with Crippen LogP contribution in [0.25, 0.3) is 0 Å². The Labute approximate surface area is 124 Å². The SMILES string of the molecule is CCCN(CCN(C)C)CCC(C)(NC)C(=O)OCC. The number of carbonyl (C=O) groups excluding carboxylic acids is 1. The summed E-state index contributed by atoms with van der Waals surface area (Å²) in [7, 11) is 5.99. The van der Waals surface area contributed by atoms with Crippen LogP contribution in [0.1, 0.15) is 33.6 Å². The Bertz CT molecular complexity index is 272. The Morgan fingerprint density at radius 1 is 1.15 bits per heavy atom. The highest BCUT2D eigenvalue weighted by molar-refractivity contribution is 5.80. The first-order chi connectivity index (χ1) is 9.39. The molecule has 0 spiro atoms. The van der Waals surface area contributed by atoms with E-state index in [2.05, 4.69) is 36.1 Å². The number of nitrogens with zero attached hydrogens (tertiary/aromatic N) is 2. The minimum Gasteiger partial charge on any atom is -0.465 e. The maximum Gasteiger partial charge on any atom is 0.326 e. The number of carbonyl (C=O) groups is 1. The number of hydrogen-bond donors (Lipinski definition) is 1. The molecule has 1 N–H and O–H groups in total. The van der Waals surface area contributed by atoms with Gasteiger partial charge in [-0.1, -0.05) is 6.92 Å². The number of likely N-dealkylation sites (N-methyl/N-ethyl adjacent to an activating group) is 2. The van der Waals surface area contributed by atoms with Crippen LogP contribution in [0, 0.1) is 0 Å². The second kappa shape index (κ2) is 10.1. The van der Waals surface area contributed by atoms with Crippen molar-refractivity contribution in [2.45, 2.75) is 39.2 Å². The van der Waals surface area contributed by atoms with Crippen LogP contribution in [0.3, 0.4) is 0 Å². The van der Waals surface area contributed by atoms with E-state index in [1.165, 1.54) is 0 Å². The average molecular weight is 287 g/mol. The van der Waals surface area contributed by atoms with E-state index in [0.717, 1.165) is 39.0 Å². The fourth-order valence-corrected chi connectivity index (χ4v) is 1.99. The summed E-state index contributed by atoms with van der Waals surface area (Å²) in [5.41, 5.74) is -0.597. The molecule has 0 aromatic carbocycles. The van der Waals surface area contributed by atoms with E-state index in [4.69, 9.17) is 4.74 Å². The molecule has 0 aliphatic carbocycles. The highest BCUT2D eigenvalue weighted by atomic mass is 16.5. The maximum atomic E-state index is 12.0. The minimum absolute atomic E-state index is 0.161. The van der Waals surface area contributed by atoms with Gasteiger partial charge in [-0.25, -0.2) is 0 Å². The zero-order valence-corrected chi connectivity index (χ0v) is 14.2. The molecular weight excluding hydrogens is 254 g/mol. The monoisotopic (exact) mass is 287 g/mol. The summed E-state index contributed by atoms with van der Waals surface area (Å²) in [4.78, 5) is 16.6. The third-order valence-corrected chi connectivity index (χ3v) is 3.61. The van der Waals surface area contributed by atoms with Gasteiger partial charge in [0.05, 0.1) is 6.61 Å². The van der Waals surface area contributed by atoms with Gasteiger partial charge < -0.3 is 19.9 Å². The van der Waals surface area contributed by atoms with E-state index >= 15 is 0 Å². The first-order valence-electron chi connectivity index (χ1n) is 7.62. The molecule has 5 heteroatoms. The molecule has 0 heterocycles. The van der Waals surface area contributed by atoms with Crippen molar-refractivity contribution < 1.29 is 9.53 Å². The first kappa shape index (κ1) is 19.4. The van der Waals surface area contributed by atoms with E-state index in [-0.39, 0.29) is 5.97 Å². The predicted molar refractivity (Wildman–Crippen MR) is 84.0 cm³/mol. The Balaban J connectivity index is 4.43. The third-order valence-electron chi connectivity index (χ3n) is 3.61. The molecule has 0 radical (unpaired) electrons. The molecule has 0 rings (SSSR count). The van der Waals surface area contributed by atoms with Gasteiger partial charge in [-0.3, -0.25) is 4.79 Å². The van der Waals surface area contributed by atoms with Crippen molar-refractivity contribution >= 4 is 5.97 Å². The standard InChI is InChI=1S/C15H33N3O2/c1-7-10-18(13-12-17(5)6)11-9-15(3,16-4)14(19)20-8-2/h16H,7-13H2,1-6H3. The maximum absolute atomic E-state index is 12.0. The van der Waals surface area contributed by atoms with Gasteiger partial charge in [0.15, 0.2) is 0 Å². The zero-order valence-electron chi connectivity index (χ0n) is 14.2. The summed E-state index contributed by atoms with van der Waals surface area (Å²) in [6.07, 6.45) is 1.89. The van der Waals surface area contributed by atoms with Crippen LogP contribution in [0.4, 0.5) is 0 Å². The summed E-state index contributed by atoms with van der Waals surface area (Å²) < 4.78 is 5.16. The summed E-state index contributed by atoms with van der Waals surface area (Å²) in [5, 5.41) is 3.11. The fourth-order valence-electron chi connectivity index (χ4n) is 1.99. The number of rotatable bonds is 11. The molecule has 0 saturated heterocycles. The number of ether oxygens (including phenoxy) is 1. The summed E-state index contributed by atoms with van der Waals surface area (Å²) in [6, 6.07) is 0. The molecule has 0 saturated carbocycles. The van der Waals surface area contributed by atoms with Crippen molar-refractivity contribution in [3.63, 3.8) is 0 Å². The molecule has 0 aromatic heterocycles. The van der Waals surface area contributed by atoms with Gasteiger partial charge in [0.25, 0.3) is 0 Å². The second-order valence-electron chi connectivity index (χ2n) is 5.70. The smallest absolute Gasteiger partial charge is 0.326 e. The molecular formula is C15H33N3O2. The molecule has 0 aliphatic rings. The Morgan fingerprint density at radius 2 is 1.80 bits per heavy atom. The summed E-state index contributed by atoms with van der Waals surface area (Å²) >= 11 is 0. The van der Waals surface area contributed by atoms with E-state index in [9.17, 15) is 4.79 Å². The van der Waals surface area contributed by atoms with Crippen LogP contribution in [-0.2, 0) is 9.53 Å². The van der Waals surface area contributed by atoms with E-state index in [1.807, 2.05) is 20.9 Å². The van der Waals surface area contributed by atoms with Gasteiger partial charge in [0.2, 0.25) is 0 Å². The molecule has 0 aromatic rings. The van der Waals surface area contributed by atoms with Crippen LogP contribution in [0.2, 0.25) is 0 Å². The molecule has 1 unspecified atom stereocenters. The predicted octanol–water partition coefficient (Wildman–Crippen LogP) is 1.19. The second-order valence-corrected chi connectivity index (χ2v) is 5.70. The van der Waals surface area contributed by atoms with Crippen LogP contribution < -0.4 is 5.32 Å². The molecule has 0 amide bonds. The Morgan fingerprint density at radius 3 is 2.25 bits per heavy atom. The first-order valence-corrected chi connectivity index (χ1v) is 7.62. The number of hydrogen-bond acceptors (Lipinski definition) is 5. The Hall–Kier alpha value is -0.650. The van der Waals surface area contributed by atoms with Crippen molar-refractivity contribution in [1.29, 1.82) is 0 Å². The van der Waals surface area contributed by atoms with E-state index < -0.39 is 5.54 Å². The van der Waals surface area contributed by atoms with Crippen LogP contribution >= 0.6 is 0 Å². The van der Waals surface area contributed by atoms with Crippen molar-refractivity contribution in [3.05, 3.63) is 0 Å². The lowest BCUT2D eigenvalue weighted by atomic mass is 9.98. The van der Waals surface area contributed by atoms with Crippen LogP contribution in [-0.4, -0.2) is 75.2 Å². The van der Waals surface area contributed by atoms with Gasteiger partial charge >= 0.3 is 5.97 Å². The number of esters is 1. The van der Waals surface area contributed by atoms with E-state index in [0.29, 0.717) is 6.61 Å². The highest BCUT2D eigenvalue weighted by Crippen LogP contribution is 2.13. The van der Waals surface area contributed by atoms with Crippen molar-refractivity contribution in [1.82, 2.24) is 15.1 Å². The fraction of sp³-hybridized carbons (Fsp3) is 0.933. The lowest BCUT2D eigenvalue weighted by molar-refractivity contribution is -0.150. The summed E-state index contributed by atoms with van der Waals surface area (Å²) in [6.45, 7) is 10.4. The normalized spacial score (nSPS) is 14.6. The van der Waals surface area contributed by atoms with Crippen molar-refractivity contribution in [3.8, 4) is 0 Å². The zero-order chi connectivity index (χ0) is 15.6. The largest absolute Gasteiger partial charge is 0.465 e. The molecule has 0 bridgehead atoms. The lowest BCUT2D eigenvalue weighted by Gasteiger charge is -2.30. The topological polar surface area (TPSA) is 44.8 Å². The molecule has 0 fully saturated rings. The lowest BCUT2D eigenvalue weighted by Crippen LogP contribution is -2.51. The molecule has 20 heavy (non-hydrogen) atoms. The number of nitrogens with one attached hydrogen (secondary N) is 1. The quantitative estimate of drug-likeness (QED) is 0.578. The molecule has 5 nitrogen and oxygen atoms in total. The van der Waals surface area contributed by atoms with Crippen LogP contribution in [0.5, 0.6) is 0 Å². The van der Waals surface area contributed by atoms with Crippen LogP contribution in [0.15, 0.2) is 0 Å². The van der Waals surface area contributed by atoms with Gasteiger partial charge in [-0.05, 0) is 54.4 Å². The van der Waals surface area contributed by atoms with Gasteiger partial charge in [0.1, 0.15) is 5.54 Å². The molecule has 120 valence electrons. The molecule has 1 atom stereocenters. The Kier molecular flexibility index (Phi) is 9.80. The average Bonchev–Trinajstić information content (AvgIpc) is 2.41. The van der Waals surface area contributed by atoms with Gasteiger partial charge in [-0.2, -0.15) is 0 Å². The van der Waals surface area contributed by atoms with Crippen molar-refractivity contribution in [2.24, 2.45) is 0 Å². The highest BCUT2D eigenvalue weighted by Gasteiger charge is 2.33. The van der Waals surface area contributed by atoms with Gasteiger partial charge in [-0.15, -0.1) is 0 Å². The van der Waals surface area contributed by atoms with Gasteiger partial charge in [0, 0.05) is 19.6 Å². The van der Waals surface area contributed by atoms with Crippen molar-refractivity contribution in [2.75, 3.05) is 53.9 Å². The third kappa shape index (κ3) is 7.22. The van der Waals surface area contributed by atoms with E-state index in [1.54, 1.807) is 0 Å². The molecule has 0 aliphatic heterocycles.